The maximum Gasteiger partial charge on any atom is 0.404 e. The van der Waals surface area contributed by atoms with Crippen LogP contribution in [0.15, 0.2) is 0 Å². The SMILES string of the molecule is NC(=O)C(N)CCCNC(=O)O. The third-order valence-electron chi connectivity index (χ3n) is 1.33. The molecule has 0 saturated heterocycles. The summed E-state index contributed by atoms with van der Waals surface area (Å²) in [5.41, 5.74) is 10.2. The first-order chi connectivity index (χ1) is 5.54. The molecule has 6 heteroatoms. The molecule has 1 unspecified atom stereocenters. The molecule has 0 radical (unpaired) electrons. The minimum Gasteiger partial charge on any atom is -0.465 e. The van der Waals surface area contributed by atoms with Crippen LogP contribution in [0.5, 0.6) is 0 Å². The number of nitrogens with two attached hydrogens (primary N) is 2. The predicted octanol–water partition coefficient (Wildman–Crippen LogP) is -1.15. The van der Waals surface area contributed by atoms with Crippen molar-refractivity contribution in [3.8, 4) is 0 Å². The molecule has 0 aliphatic carbocycles. The third kappa shape index (κ3) is 5.48. The molecule has 6 nitrogen and oxygen atoms in total. The lowest BCUT2D eigenvalue weighted by atomic mass is 10.1. The maximum absolute atomic E-state index is 10.4. The van der Waals surface area contributed by atoms with Crippen molar-refractivity contribution in [3.63, 3.8) is 0 Å². The van der Waals surface area contributed by atoms with Gasteiger partial charge in [0.05, 0.1) is 6.04 Å². The van der Waals surface area contributed by atoms with E-state index in [0.717, 1.165) is 0 Å². The standard InChI is InChI=1S/C6H13N3O3/c7-4(5(8)10)2-1-3-9-6(11)12/h4,9H,1-3,7H2,(H2,8,10)(H,11,12). The molecule has 0 aromatic rings. The minimum absolute atomic E-state index is 0.288. The Morgan fingerprint density at radius 1 is 1.50 bits per heavy atom. The zero-order valence-corrected chi connectivity index (χ0v) is 6.62. The molecule has 0 saturated carbocycles. The van der Waals surface area contributed by atoms with E-state index in [2.05, 4.69) is 5.32 Å². The molecular formula is C6H13N3O3. The van der Waals surface area contributed by atoms with Gasteiger partial charge in [0.1, 0.15) is 0 Å². The Labute approximate surface area is 69.9 Å². The van der Waals surface area contributed by atoms with Crippen LogP contribution < -0.4 is 16.8 Å². The lowest BCUT2D eigenvalue weighted by Crippen LogP contribution is -2.37. The van der Waals surface area contributed by atoms with E-state index < -0.39 is 18.0 Å². The van der Waals surface area contributed by atoms with Gasteiger partial charge in [-0.05, 0) is 12.8 Å². The summed E-state index contributed by atoms with van der Waals surface area (Å²) in [7, 11) is 0. The molecule has 0 bridgehead atoms. The molecular weight excluding hydrogens is 162 g/mol. The molecule has 0 aromatic heterocycles. The van der Waals surface area contributed by atoms with Crippen molar-refractivity contribution in [2.75, 3.05) is 6.54 Å². The molecule has 1 atom stereocenters. The maximum atomic E-state index is 10.4. The van der Waals surface area contributed by atoms with Crippen molar-refractivity contribution in [1.82, 2.24) is 5.32 Å². The van der Waals surface area contributed by atoms with Crippen LogP contribution in [0.25, 0.3) is 0 Å². The Morgan fingerprint density at radius 2 is 2.08 bits per heavy atom. The normalized spacial score (nSPS) is 12.1. The van der Waals surface area contributed by atoms with Crippen LogP contribution in [0.3, 0.4) is 0 Å². The van der Waals surface area contributed by atoms with Crippen LogP contribution in [-0.2, 0) is 4.79 Å². The van der Waals surface area contributed by atoms with Crippen LogP contribution >= 0.6 is 0 Å². The number of primary amides is 1. The Hall–Kier alpha value is -1.30. The van der Waals surface area contributed by atoms with E-state index >= 15 is 0 Å². The summed E-state index contributed by atoms with van der Waals surface area (Å²) in [5.74, 6) is -0.565. The van der Waals surface area contributed by atoms with Crippen LogP contribution in [0.4, 0.5) is 4.79 Å². The van der Waals surface area contributed by atoms with Gasteiger partial charge in [-0.25, -0.2) is 4.79 Å². The molecule has 0 rings (SSSR count). The Bertz CT molecular complexity index is 171. The average Bonchev–Trinajstić information content (AvgIpc) is 1.97. The molecule has 2 amide bonds. The van der Waals surface area contributed by atoms with Gasteiger partial charge in [-0.3, -0.25) is 4.79 Å². The van der Waals surface area contributed by atoms with Gasteiger partial charge in [-0.15, -0.1) is 0 Å². The molecule has 0 aliphatic heterocycles. The summed E-state index contributed by atoms with van der Waals surface area (Å²) in [5, 5.41) is 10.3. The van der Waals surface area contributed by atoms with Gasteiger partial charge in [-0.2, -0.15) is 0 Å². The van der Waals surface area contributed by atoms with Crippen molar-refractivity contribution in [2.24, 2.45) is 11.5 Å². The highest BCUT2D eigenvalue weighted by atomic mass is 16.4. The van der Waals surface area contributed by atoms with Crippen molar-refractivity contribution < 1.29 is 14.7 Å². The highest BCUT2D eigenvalue weighted by molar-refractivity contribution is 5.79. The number of rotatable bonds is 5. The Morgan fingerprint density at radius 3 is 2.50 bits per heavy atom. The molecule has 0 aliphatic rings. The average molecular weight is 175 g/mol. The van der Waals surface area contributed by atoms with Crippen molar-refractivity contribution in [1.29, 1.82) is 0 Å². The highest BCUT2D eigenvalue weighted by Crippen LogP contribution is 1.91. The summed E-state index contributed by atoms with van der Waals surface area (Å²) in [6, 6.07) is -0.680. The monoisotopic (exact) mass is 175 g/mol. The fourth-order valence-electron chi connectivity index (χ4n) is 0.660. The predicted molar refractivity (Wildman–Crippen MR) is 42.4 cm³/mol. The van der Waals surface area contributed by atoms with Crippen molar-refractivity contribution in [2.45, 2.75) is 18.9 Å². The molecule has 0 fully saturated rings. The first-order valence-electron chi connectivity index (χ1n) is 3.55. The van der Waals surface area contributed by atoms with Gasteiger partial charge in [0, 0.05) is 6.54 Å². The molecule has 0 heterocycles. The topological polar surface area (TPSA) is 118 Å². The van der Waals surface area contributed by atoms with E-state index in [1.807, 2.05) is 0 Å². The second-order valence-corrected chi connectivity index (χ2v) is 2.38. The van der Waals surface area contributed by atoms with Gasteiger partial charge in [-0.1, -0.05) is 0 Å². The van der Waals surface area contributed by atoms with Gasteiger partial charge >= 0.3 is 6.09 Å². The Kier molecular flexibility index (Phi) is 4.78. The molecule has 0 aromatic carbocycles. The van der Waals surface area contributed by atoms with E-state index in [1.165, 1.54) is 0 Å². The van der Waals surface area contributed by atoms with Crippen molar-refractivity contribution >= 4 is 12.0 Å². The first-order valence-corrected chi connectivity index (χ1v) is 3.55. The minimum atomic E-state index is -1.08. The fourth-order valence-corrected chi connectivity index (χ4v) is 0.660. The van der Waals surface area contributed by atoms with E-state index in [4.69, 9.17) is 16.6 Å². The summed E-state index contributed by atoms with van der Waals surface area (Å²) in [6.07, 6.45) is -0.172. The van der Waals surface area contributed by atoms with Crippen LogP contribution in [0.1, 0.15) is 12.8 Å². The van der Waals surface area contributed by atoms with E-state index in [-0.39, 0.29) is 6.54 Å². The van der Waals surface area contributed by atoms with Gasteiger partial charge < -0.3 is 21.9 Å². The van der Waals surface area contributed by atoms with Gasteiger partial charge in [0.2, 0.25) is 5.91 Å². The van der Waals surface area contributed by atoms with E-state index in [9.17, 15) is 9.59 Å². The molecule has 6 N–H and O–H groups in total. The lowest BCUT2D eigenvalue weighted by Gasteiger charge is -2.05. The second-order valence-electron chi connectivity index (χ2n) is 2.38. The zero-order valence-electron chi connectivity index (χ0n) is 6.62. The highest BCUT2D eigenvalue weighted by Gasteiger charge is 2.07. The number of carbonyl (C=O) groups excluding carboxylic acids is 1. The molecule has 12 heavy (non-hydrogen) atoms. The quantitative estimate of drug-likeness (QED) is 0.394. The Balaban J connectivity index is 3.31. The number of hydrogen-bond acceptors (Lipinski definition) is 3. The first kappa shape index (κ1) is 10.7. The second kappa shape index (κ2) is 5.36. The number of carbonyl (C=O) groups is 2. The summed E-state index contributed by atoms with van der Waals surface area (Å²) in [6.45, 7) is 0.288. The molecule has 0 spiro atoms. The zero-order chi connectivity index (χ0) is 9.56. The van der Waals surface area contributed by atoms with Gasteiger partial charge in [0.25, 0.3) is 0 Å². The number of carboxylic acid groups (broad SMARTS) is 1. The lowest BCUT2D eigenvalue weighted by molar-refractivity contribution is -0.119. The van der Waals surface area contributed by atoms with Crippen LogP contribution in [0.2, 0.25) is 0 Å². The summed E-state index contributed by atoms with van der Waals surface area (Å²) < 4.78 is 0. The summed E-state index contributed by atoms with van der Waals surface area (Å²) in [4.78, 5) is 20.3. The molecule has 70 valence electrons. The number of nitrogens with one attached hydrogen (secondary N) is 1. The number of amides is 2. The smallest absolute Gasteiger partial charge is 0.404 e. The summed E-state index contributed by atoms with van der Waals surface area (Å²) >= 11 is 0. The fraction of sp³-hybridized carbons (Fsp3) is 0.667. The van der Waals surface area contributed by atoms with Crippen LogP contribution in [-0.4, -0.2) is 29.7 Å². The van der Waals surface area contributed by atoms with Gasteiger partial charge in [0.15, 0.2) is 0 Å². The van der Waals surface area contributed by atoms with Crippen LogP contribution in [0, 0.1) is 0 Å². The van der Waals surface area contributed by atoms with E-state index in [1.54, 1.807) is 0 Å². The van der Waals surface area contributed by atoms with E-state index in [0.29, 0.717) is 12.8 Å². The number of hydrogen-bond donors (Lipinski definition) is 4. The third-order valence-corrected chi connectivity index (χ3v) is 1.33. The largest absolute Gasteiger partial charge is 0.465 e. The van der Waals surface area contributed by atoms with Crippen molar-refractivity contribution in [3.05, 3.63) is 0 Å².